The van der Waals surface area contributed by atoms with Crippen LogP contribution < -0.4 is 0 Å². The number of fused-ring (bicyclic) bond motifs is 3. The second kappa shape index (κ2) is 11.0. The Kier molecular flexibility index (Phi) is 6.58. The van der Waals surface area contributed by atoms with Gasteiger partial charge in [-0.1, -0.05) is 137 Å². The van der Waals surface area contributed by atoms with Gasteiger partial charge < -0.3 is 4.42 Å². The highest BCUT2D eigenvalue weighted by atomic mass is 79.9. The first kappa shape index (κ1) is 26.3. The molecule has 2 heterocycles. The summed E-state index contributed by atoms with van der Waals surface area (Å²) in [5.74, 6) is 1.80. The average Bonchev–Trinajstić information content (AvgIpc) is 3.48. The van der Waals surface area contributed by atoms with Gasteiger partial charge in [0.05, 0.1) is 5.56 Å². The van der Waals surface area contributed by atoms with Crippen LogP contribution in [0.3, 0.4) is 0 Å². The van der Waals surface area contributed by atoms with Crippen molar-refractivity contribution in [1.29, 1.82) is 0 Å². The molecule has 8 rings (SSSR count). The zero-order valence-corrected chi connectivity index (χ0v) is 25.1. The highest BCUT2D eigenvalue weighted by Gasteiger charge is 2.17. The lowest BCUT2D eigenvalue weighted by molar-refractivity contribution is 0.669. The lowest BCUT2D eigenvalue weighted by Gasteiger charge is -2.10. The number of halogens is 1. The van der Waals surface area contributed by atoms with E-state index in [2.05, 4.69) is 94.8 Å². The van der Waals surface area contributed by atoms with Gasteiger partial charge in [0.1, 0.15) is 11.2 Å². The van der Waals surface area contributed by atoms with Crippen LogP contribution in [0.5, 0.6) is 0 Å². The zero-order chi connectivity index (χ0) is 29.5. The van der Waals surface area contributed by atoms with E-state index >= 15 is 0 Å². The van der Waals surface area contributed by atoms with Crippen LogP contribution in [0.2, 0.25) is 0 Å². The fraction of sp³-hybridized carbons (Fsp3) is 0. The number of hydrogen-bond donors (Lipinski definition) is 0. The Hall–Kier alpha value is -5.39. The summed E-state index contributed by atoms with van der Waals surface area (Å²) in [5.41, 5.74) is 8.92. The van der Waals surface area contributed by atoms with Gasteiger partial charge in [0.15, 0.2) is 17.5 Å². The van der Waals surface area contributed by atoms with Crippen molar-refractivity contribution in [3.05, 3.63) is 150 Å². The van der Waals surface area contributed by atoms with Crippen LogP contribution in [0.4, 0.5) is 0 Å². The molecule has 2 aromatic heterocycles. The molecule has 0 amide bonds. The topological polar surface area (TPSA) is 51.8 Å². The van der Waals surface area contributed by atoms with Gasteiger partial charge in [-0.2, -0.15) is 0 Å². The fourth-order valence-corrected chi connectivity index (χ4v) is 6.00. The summed E-state index contributed by atoms with van der Waals surface area (Å²) in [5, 5.41) is 2.11. The minimum atomic E-state index is 0.575. The lowest BCUT2D eigenvalue weighted by Crippen LogP contribution is -2.00. The number of para-hydroxylation sites is 2. The maximum Gasteiger partial charge on any atom is 0.167 e. The first-order valence-corrected chi connectivity index (χ1v) is 15.2. The maximum absolute atomic E-state index is 6.33. The van der Waals surface area contributed by atoms with E-state index < -0.39 is 0 Å². The number of benzene rings is 6. The van der Waals surface area contributed by atoms with Crippen LogP contribution >= 0.6 is 15.9 Å². The van der Waals surface area contributed by atoms with Crippen molar-refractivity contribution in [2.45, 2.75) is 0 Å². The van der Waals surface area contributed by atoms with Gasteiger partial charge in [0.2, 0.25) is 0 Å². The smallest absolute Gasteiger partial charge is 0.167 e. The Bertz CT molecular complexity index is 2280. The third-order valence-corrected chi connectivity index (χ3v) is 8.33. The van der Waals surface area contributed by atoms with Crippen molar-refractivity contribution in [2.75, 3.05) is 0 Å². The van der Waals surface area contributed by atoms with Gasteiger partial charge in [-0.05, 0) is 46.5 Å². The maximum atomic E-state index is 6.33. The van der Waals surface area contributed by atoms with Crippen LogP contribution in [-0.2, 0) is 0 Å². The molecule has 5 heteroatoms. The number of furan rings is 1. The standard InChI is InChI=1S/C39H24BrN3O/c40-31-11-6-10-30(24-31)27-18-16-25(17-19-27)26-20-22-29(23-21-26)38-41-37(28-8-2-1-3-9-28)42-39(43-38)34-14-7-13-33-32-12-4-5-15-35(32)44-36(33)34/h1-24H. The normalized spacial score (nSPS) is 11.3. The summed E-state index contributed by atoms with van der Waals surface area (Å²) in [6, 6.07) is 49.6. The molecular weight excluding hydrogens is 606 g/mol. The van der Waals surface area contributed by atoms with E-state index in [4.69, 9.17) is 19.4 Å². The molecule has 0 spiro atoms. The minimum Gasteiger partial charge on any atom is -0.455 e. The third kappa shape index (κ3) is 4.87. The second-order valence-corrected chi connectivity index (χ2v) is 11.5. The van der Waals surface area contributed by atoms with Crippen LogP contribution in [-0.4, -0.2) is 15.0 Å². The quantitative estimate of drug-likeness (QED) is 0.190. The summed E-state index contributed by atoms with van der Waals surface area (Å²) in [6.45, 7) is 0. The summed E-state index contributed by atoms with van der Waals surface area (Å²) >= 11 is 3.57. The molecule has 0 aliphatic heterocycles. The molecule has 0 aliphatic rings. The van der Waals surface area contributed by atoms with Crippen molar-refractivity contribution < 1.29 is 4.42 Å². The Morgan fingerprint density at radius 1 is 0.409 bits per heavy atom. The average molecular weight is 631 g/mol. The van der Waals surface area contributed by atoms with Gasteiger partial charge in [-0.15, -0.1) is 0 Å². The molecule has 6 aromatic carbocycles. The van der Waals surface area contributed by atoms with Crippen LogP contribution in [0, 0.1) is 0 Å². The molecule has 0 atom stereocenters. The molecule has 0 saturated heterocycles. The van der Waals surface area contributed by atoms with Crippen molar-refractivity contribution >= 4 is 37.9 Å². The van der Waals surface area contributed by atoms with E-state index in [1.54, 1.807) is 0 Å². The van der Waals surface area contributed by atoms with Crippen molar-refractivity contribution in [3.63, 3.8) is 0 Å². The van der Waals surface area contributed by atoms with Crippen LogP contribution in [0.15, 0.2) is 154 Å². The Morgan fingerprint density at radius 3 is 1.64 bits per heavy atom. The predicted molar refractivity (Wildman–Crippen MR) is 182 cm³/mol. The van der Waals surface area contributed by atoms with E-state index in [0.717, 1.165) is 54.2 Å². The van der Waals surface area contributed by atoms with E-state index in [9.17, 15) is 0 Å². The predicted octanol–water partition coefficient (Wildman–Crippen LogP) is 10.9. The molecule has 0 saturated carbocycles. The molecule has 0 aliphatic carbocycles. The summed E-state index contributed by atoms with van der Waals surface area (Å²) < 4.78 is 7.40. The lowest BCUT2D eigenvalue weighted by atomic mass is 9.99. The highest BCUT2D eigenvalue weighted by molar-refractivity contribution is 9.10. The van der Waals surface area contributed by atoms with E-state index in [1.165, 1.54) is 11.1 Å². The summed E-state index contributed by atoms with van der Waals surface area (Å²) in [4.78, 5) is 14.8. The van der Waals surface area contributed by atoms with Crippen molar-refractivity contribution in [2.24, 2.45) is 0 Å². The molecule has 0 unspecified atom stereocenters. The van der Waals surface area contributed by atoms with E-state index in [1.807, 2.05) is 66.7 Å². The third-order valence-electron chi connectivity index (χ3n) is 7.83. The van der Waals surface area contributed by atoms with Gasteiger partial charge in [0.25, 0.3) is 0 Å². The van der Waals surface area contributed by atoms with Crippen molar-refractivity contribution in [3.8, 4) is 56.4 Å². The number of nitrogens with zero attached hydrogens (tertiary/aromatic N) is 3. The molecule has 0 bridgehead atoms. The Labute approximate surface area is 262 Å². The first-order valence-electron chi connectivity index (χ1n) is 14.4. The number of rotatable bonds is 5. The first-order chi connectivity index (χ1) is 21.7. The molecule has 8 aromatic rings. The molecule has 44 heavy (non-hydrogen) atoms. The molecule has 4 nitrogen and oxygen atoms in total. The molecule has 0 radical (unpaired) electrons. The monoisotopic (exact) mass is 629 g/mol. The van der Waals surface area contributed by atoms with Gasteiger partial charge in [0, 0.05) is 26.4 Å². The van der Waals surface area contributed by atoms with Gasteiger partial charge in [-0.25, -0.2) is 15.0 Å². The molecule has 208 valence electrons. The largest absolute Gasteiger partial charge is 0.455 e. The molecule has 0 fully saturated rings. The zero-order valence-electron chi connectivity index (χ0n) is 23.5. The van der Waals surface area contributed by atoms with Crippen LogP contribution in [0.1, 0.15) is 0 Å². The fourth-order valence-electron chi connectivity index (χ4n) is 5.60. The number of aromatic nitrogens is 3. The van der Waals surface area contributed by atoms with Gasteiger partial charge >= 0.3 is 0 Å². The minimum absolute atomic E-state index is 0.575. The summed E-state index contributed by atoms with van der Waals surface area (Å²) in [6.07, 6.45) is 0. The Balaban J connectivity index is 1.20. The Morgan fingerprint density at radius 2 is 0.932 bits per heavy atom. The number of hydrogen-bond acceptors (Lipinski definition) is 4. The highest BCUT2D eigenvalue weighted by Crippen LogP contribution is 2.36. The van der Waals surface area contributed by atoms with E-state index in [0.29, 0.717) is 17.5 Å². The molecular formula is C39H24BrN3O. The SMILES string of the molecule is Brc1cccc(-c2ccc(-c3ccc(-c4nc(-c5ccccc5)nc(-c5cccc6c5oc5ccccc56)n4)cc3)cc2)c1. The van der Waals surface area contributed by atoms with Gasteiger partial charge in [-0.3, -0.25) is 0 Å². The molecule has 0 N–H and O–H groups in total. The van der Waals surface area contributed by atoms with E-state index in [-0.39, 0.29) is 0 Å². The van der Waals surface area contributed by atoms with Crippen molar-refractivity contribution in [1.82, 2.24) is 15.0 Å². The second-order valence-electron chi connectivity index (χ2n) is 10.6. The summed E-state index contributed by atoms with van der Waals surface area (Å²) in [7, 11) is 0. The van der Waals surface area contributed by atoms with Crippen LogP contribution in [0.25, 0.3) is 78.4 Å².